The molecule has 1 fully saturated rings. The molecular formula is C14H18N2O4. The van der Waals surface area contributed by atoms with Crippen LogP contribution in [0.25, 0.3) is 0 Å². The number of likely N-dealkylation sites (tertiary alicyclic amines) is 1. The van der Waals surface area contributed by atoms with E-state index in [4.69, 9.17) is 5.11 Å². The Morgan fingerprint density at radius 3 is 2.70 bits per heavy atom. The molecule has 2 amide bonds. The van der Waals surface area contributed by atoms with Crippen molar-refractivity contribution >= 4 is 17.7 Å². The van der Waals surface area contributed by atoms with Crippen LogP contribution in [0.15, 0.2) is 24.3 Å². The van der Waals surface area contributed by atoms with Crippen LogP contribution in [0.3, 0.4) is 0 Å². The van der Waals surface area contributed by atoms with Gasteiger partial charge < -0.3 is 20.4 Å². The standard InChI is InChI=1S/C14H18N2O4/c1-14(20)6-7-16(9-14)13(19)15-11-5-3-2-4-10(11)8-12(17)18/h2-5,20H,6-9H2,1H3,(H,15,19)(H,17,18). The van der Waals surface area contributed by atoms with E-state index in [2.05, 4.69) is 5.32 Å². The molecule has 0 aromatic heterocycles. The molecule has 0 spiro atoms. The summed E-state index contributed by atoms with van der Waals surface area (Å²) in [5.41, 5.74) is 0.198. The SMILES string of the molecule is CC1(O)CCN(C(=O)Nc2ccccc2CC(=O)O)C1. The number of aliphatic hydroxyl groups is 1. The first-order valence-corrected chi connectivity index (χ1v) is 6.45. The van der Waals surface area contributed by atoms with Crippen molar-refractivity contribution in [3.8, 4) is 0 Å². The third-order valence-electron chi connectivity index (χ3n) is 3.34. The molecule has 1 aliphatic heterocycles. The summed E-state index contributed by atoms with van der Waals surface area (Å²) in [7, 11) is 0. The predicted octanol–water partition coefficient (Wildman–Crippen LogP) is 1.30. The van der Waals surface area contributed by atoms with E-state index in [1.807, 2.05) is 0 Å². The molecule has 2 rings (SSSR count). The quantitative estimate of drug-likeness (QED) is 0.777. The summed E-state index contributed by atoms with van der Waals surface area (Å²) in [5, 5.41) is 21.4. The van der Waals surface area contributed by atoms with Crippen molar-refractivity contribution < 1.29 is 19.8 Å². The number of carboxylic acids is 1. The van der Waals surface area contributed by atoms with Crippen LogP contribution in [-0.4, -0.2) is 45.8 Å². The molecule has 0 saturated carbocycles. The van der Waals surface area contributed by atoms with Gasteiger partial charge in [-0.3, -0.25) is 4.79 Å². The second-order valence-corrected chi connectivity index (χ2v) is 5.33. The second kappa shape index (κ2) is 5.50. The largest absolute Gasteiger partial charge is 0.481 e. The average molecular weight is 278 g/mol. The van der Waals surface area contributed by atoms with Crippen LogP contribution in [0.4, 0.5) is 10.5 Å². The van der Waals surface area contributed by atoms with Gasteiger partial charge in [0.15, 0.2) is 0 Å². The van der Waals surface area contributed by atoms with Crippen LogP contribution >= 0.6 is 0 Å². The summed E-state index contributed by atoms with van der Waals surface area (Å²) in [6, 6.07) is 6.49. The number of amides is 2. The van der Waals surface area contributed by atoms with Gasteiger partial charge >= 0.3 is 12.0 Å². The summed E-state index contributed by atoms with van der Waals surface area (Å²) in [5.74, 6) is -0.948. The van der Waals surface area contributed by atoms with Crippen molar-refractivity contribution in [2.45, 2.75) is 25.4 Å². The fourth-order valence-electron chi connectivity index (χ4n) is 2.27. The molecule has 6 nitrogen and oxygen atoms in total. The van der Waals surface area contributed by atoms with E-state index in [0.717, 1.165) is 0 Å². The van der Waals surface area contributed by atoms with E-state index in [9.17, 15) is 14.7 Å². The van der Waals surface area contributed by atoms with Crippen molar-refractivity contribution in [1.29, 1.82) is 0 Å². The molecule has 20 heavy (non-hydrogen) atoms. The Balaban J connectivity index is 2.06. The van der Waals surface area contributed by atoms with Crippen LogP contribution in [0.2, 0.25) is 0 Å². The van der Waals surface area contributed by atoms with Crippen LogP contribution in [0.1, 0.15) is 18.9 Å². The maximum absolute atomic E-state index is 12.1. The molecule has 3 N–H and O–H groups in total. The highest BCUT2D eigenvalue weighted by atomic mass is 16.4. The lowest BCUT2D eigenvalue weighted by Crippen LogP contribution is -2.36. The molecule has 0 aliphatic carbocycles. The lowest BCUT2D eigenvalue weighted by molar-refractivity contribution is -0.136. The number of carbonyl (C=O) groups is 2. The number of aliphatic carboxylic acids is 1. The third-order valence-corrected chi connectivity index (χ3v) is 3.34. The Morgan fingerprint density at radius 2 is 2.10 bits per heavy atom. The molecule has 1 unspecified atom stereocenters. The van der Waals surface area contributed by atoms with Crippen molar-refractivity contribution in [3.05, 3.63) is 29.8 Å². The van der Waals surface area contributed by atoms with Crippen LogP contribution in [-0.2, 0) is 11.2 Å². The van der Waals surface area contributed by atoms with E-state index in [1.54, 1.807) is 31.2 Å². The number of β-amino-alcohol motifs (C(OH)–C–C–N with tert-alkyl or cyclic N) is 1. The second-order valence-electron chi connectivity index (χ2n) is 5.33. The summed E-state index contributed by atoms with van der Waals surface area (Å²) < 4.78 is 0. The molecule has 108 valence electrons. The van der Waals surface area contributed by atoms with E-state index >= 15 is 0 Å². The first kappa shape index (κ1) is 14.3. The van der Waals surface area contributed by atoms with Crippen molar-refractivity contribution in [3.63, 3.8) is 0 Å². The zero-order valence-corrected chi connectivity index (χ0v) is 11.3. The zero-order valence-electron chi connectivity index (χ0n) is 11.3. The van der Waals surface area contributed by atoms with Gasteiger partial charge in [-0.05, 0) is 25.0 Å². The van der Waals surface area contributed by atoms with Gasteiger partial charge in [0, 0.05) is 12.2 Å². The molecule has 6 heteroatoms. The summed E-state index contributed by atoms with van der Waals surface area (Å²) in [6.07, 6.45) is 0.394. The zero-order chi connectivity index (χ0) is 14.8. The van der Waals surface area contributed by atoms with E-state index in [-0.39, 0.29) is 19.0 Å². The van der Waals surface area contributed by atoms with Crippen molar-refractivity contribution in [1.82, 2.24) is 4.90 Å². The number of rotatable bonds is 3. The van der Waals surface area contributed by atoms with Gasteiger partial charge in [0.1, 0.15) is 0 Å². The van der Waals surface area contributed by atoms with Crippen LogP contribution in [0, 0.1) is 0 Å². The van der Waals surface area contributed by atoms with Gasteiger partial charge in [-0.25, -0.2) is 4.79 Å². The number of nitrogens with one attached hydrogen (secondary N) is 1. The smallest absolute Gasteiger partial charge is 0.321 e. The van der Waals surface area contributed by atoms with E-state index in [0.29, 0.717) is 24.2 Å². The third kappa shape index (κ3) is 3.48. The Hall–Kier alpha value is -2.08. The van der Waals surface area contributed by atoms with Gasteiger partial charge in [-0.15, -0.1) is 0 Å². The number of anilines is 1. The van der Waals surface area contributed by atoms with Gasteiger partial charge in [0.25, 0.3) is 0 Å². The fraction of sp³-hybridized carbons (Fsp3) is 0.429. The van der Waals surface area contributed by atoms with Gasteiger partial charge in [0.05, 0.1) is 18.6 Å². The Labute approximate surface area is 117 Å². The number of urea groups is 1. The lowest BCUT2D eigenvalue weighted by atomic mass is 10.1. The first-order valence-electron chi connectivity index (χ1n) is 6.45. The normalized spacial score (nSPS) is 21.8. The van der Waals surface area contributed by atoms with E-state index in [1.165, 1.54) is 4.90 Å². The summed E-state index contributed by atoms with van der Waals surface area (Å²) in [6.45, 7) is 2.46. The summed E-state index contributed by atoms with van der Waals surface area (Å²) in [4.78, 5) is 24.4. The van der Waals surface area contributed by atoms with Crippen LogP contribution in [0.5, 0.6) is 0 Å². The molecular weight excluding hydrogens is 260 g/mol. The maximum atomic E-state index is 12.1. The van der Waals surface area contributed by atoms with E-state index < -0.39 is 11.6 Å². The molecule has 1 aliphatic rings. The number of carboxylic acid groups (broad SMARTS) is 1. The van der Waals surface area contributed by atoms with Crippen molar-refractivity contribution in [2.75, 3.05) is 18.4 Å². The number of hydrogen-bond donors (Lipinski definition) is 3. The minimum absolute atomic E-state index is 0.145. The maximum Gasteiger partial charge on any atom is 0.321 e. The Kier molecular flexibility index (Phi) is 3.94. The highest BCUT2D eigenvalue weighted by Crippen LogP contribution is 2.22. The molecule has 0 radical (unpaired) electrons. The number of carbonyl (C=O) groups excluding carboxylic acids is 1. The molecule has 0 bridgehead atoms. The monoisotopic (exact) mass is 278 g/mol. The van der Waals surface area contributed by atoms with Gasteiger partial charge in [-0.1, -0.05) is 18.2 Å². The molecule has 1 heterocycles. The molecule has 1 aromatic rings. The predicted molar refractivity (Wildman–Crippen MR) is 73.6 cm³/mol. The van der Waals surface area contributed by atoms with Crippen molar-refractivity contribution in [2.24, 2.45) is 0 Å². The minimum atomic E-state index is -0.948. The molecule has 1 atom stereocenters. The number of hydrogen-bond acceptors (Lipinski definition) is 3. The molecule has 1 aromatic carbocycles. The Morgan fingerprint density at radius 1 is 1.40 bits per heavy atom. The number of para-hydroxylation sites is 1. The van der Waals surface area contributed by atoms with Gasteiger partial charge in [-0.2, -0.15) is 0 Å². The average Bonchev–Trinajstić information content (AvgIpc) is 2.71. The molecule has 1 saturated heterocycles. The van der Waals surface area contributed by atoms with Crippen LogP contribution < -0.4 is 5.32 Å². The number of nitrogens with zero attached hydrogens (tertiary/aromatic N) is 1. The first-order chi connectivity index (χ1) is 9.37. The summed E-state index contributed by atoms with van der Waals surface area (Å²) >= 11 is 0. The highest BCUT2D eigenvalue weighted by molar-refractivity contribution is 5.91. The topological polar surface area (TPSA) is 89.9 Å². The number of benzene rings is 1. The minimum Gasteiger partial charge on any atom is -0.481 e. The fourth-order valence-corrected chi connectivity index (χ4v) is 2.27. The Bertz CT molecular complexity index is 528. The lowest BCUT2D eigenvalue weighted by Gasteiger charge is -2.20. The highest BCUT2D eigenvalue weighted by Gasteiger charge is 2.34. The van der Waals surface area contributed by atoms with Gasteiger partial charge in [0.2, 0.25) is 0 Å².